The second-order valence-electron chi connectivity index (χ2n) is 3.46. The van der Waals surface area contributed by atoms with Gasteiger partial charge in [0.2, 0.25) is 0 Å². The van der Waals surface area contributed by atoms with Crippen LogP contribution in [0.25, 0.3) is 0 Å². The largest absolute Gasteiger partial charge is 0.392 e. The lowest BCUT2D eigenvalue weighted by molar-refractivity contribution is 0.101. The van der Waals surface area contributed by atoms with Crippen molar-refractivity contribution in [1.29, 1.82) is 0 Å². The predicted octanol–water partition coefficient (Wildman–Crippen LogP) is 2.33. The normalized spacial score (nSPS) is 10.2. The molecular formula is C12H16O2. The first-order chi connectivity index (χ1) is 6.69. The minimum Gasteiger partial charge on any atom is -0.392 e. The summed E-state index contributed by atoms with van der Waals surface area (Å²) < 4.78 is 0. The molecule has 1 aromatic carbocycles. The third-order valence-electron chi connectivity index (χ3n) is 2.26. The highest BCUT2D eigenvalue weighted by atomic mass is 16.3. The van der Waals surface area contributed by atoms with Crippen molar-refractivity contribution in [3.05, 3.63) is 34.9 Å². The van der Waals surface area contributed by atoms with Gasteiger partial charge in [-0.2, -0.15) is 0 Å². The number of aliphatic hydroxyl groups is 1. The molecule has 0 aliphatic carbocycles. The Morgan fingerprint density at radius 3 is 2.64 bits per heavy atom. The quantitative estimate of drug-likeness (QED) is 0.743. The number of carbonyl (C=O) groups is 1. The lowest BCUT2D eigenvalue weighted by atomic mass is 9.99. The minimum atomic E-state index is -0.0681. The zero-order valence-corrected chi connectivity index (χ0v) is 8.71. The Labute approximate surface area is 84.6 Å². The van der Waals surface area contributed by atoms with Crippen molar-refractivity contribution in [2.45, 2.75) is 33.3 Å². The zero-order valence-electron chi connectivity index (χ0n) is 8.71. The molecule has 1 aromatic rings. The molecule has 0 bridgehead atoms. The van der Waals surface area contributed by atoms with Gasteiger partial charge in [-0.15, -0.1) is 0 Å². The van der Waals surface area contributed by atoms with Gasteiger partial charge in [0.15, 0.2) is 5.78 Å². The third kappa shape index (κ3) is 2.42. The van der Waals surface area contributed by atoms with E-state index in [1.165, 1.54) is 6.92 Å². The summed E-state index contributed by atoms with van der Waals surface area (Å²) in [4.78, 5) is 11.3. The summed E-state index contributed by atoms with van der Waals surface area (Å²) in [5, 5.41) is 9.04. The molecule has 0 saturated carbocycles. The van der Waals surface area contributed by atoms with Crippen LogP contribution in [0.4, 0.5) is 0 Å². The molecule has 0 saturated heterocycles. The second-order valence-corrected chi connectivity index (χ2v) is 3.46. The topological polar surface area (TPSA) is 37.3 Å². The smallest absolute Gasteiger partial charge is 0.160 e. The summed E-state index contributed by atoms with van der Waals surface area (Å²) in [6.45, 7) is 3.57. The first kappa shape index (κ1) is 10.9. The predicted molar refractivity (Wildman–Crippen MR) is 56.4 cm³/mol. The molecule has 0 atom stereocenters. The Morgan fingerprint density at radius 1 is 1.43 bits per heavy atom. The van der Waals surface area contributed by atoms with E-state index in [-0.39, 0.29) is 12.4 Å². The van der Waals surface area contributed by atoms with E-state index in [9.17, 15) is 4.79 Å². The van der Waals surface area contributed by atoms with Crippen molar-refractivity contribution in [2.75, 3.05) is 0 Å². The van der Waals surface area contributed by atoms with Crippen LogP contribution in [0.5, 0.6) is 0 Å². The molecule has 0 radical (unpaired) electrons. The number of rotatable bonds is 4. The molecule has 2 nitrogen and oxygen atoms in total. The van der Waals surface area contributed by atoms with E-state index in [2.05, 4.69) is 6.92 Å². The van der Waals surface area contributed by atoms with Crippen LogP contribution in [0.3, 0.4) is 0 Å². The molecule has 0 aromatic heterocycles. The van der Waals surface area contributed by atoms with Crippen LogP contribution in [-0.4, -0.2) is 10.9 Å². The molecule has 0 heterocycles. The van der Waals surface area contributed by atoms with E-state index in [1.54, 1.807) is 0 Å². The molecule has 1 N–H and O–H groups in total. The number of hydrogen-bond acceptors (Lipinski definition) is 2. The SMILES string of the molecule is CCCc1ccc(CO)c(C(C)=O)c1. The first-order valence-corrected chi connectivity index (χ1v) is 4.92. The van der Waals surface area contributed by atoms with Gasteiger partial charge < -0.3 is 5.11 Å². The van der Waals surface area contributed by atoms with Crippen LogP contribution in [0, 0.1) is 0 Å². The van der Waals surface area contributed by atoms with Crippen molar-refractivity contribution < 1.29 is 9.90 Å². The molecule has 0 spiro atoms. The molecule has 0 aliphatic heterocycles. The summed E-state index contributed by atoms with van der Waals surface area (Å²) in [5.41, 5.74) is 2.53. The van der Waals surface area contributed by atoms with Crippen molar-refractivity contribution in [2.24, 2.45) is 0 Å². The molecule has 2 heteroatoms. The number of aryl methyl sites for hydroxylation is 1. The molecule has 1 rings (SSSR count). The Kier molecular flexibility index (Phi) is 3.84. The average Bonchev–Trinajstić information content (AvgIpc) is 2.18. The maximum atomic E-state index is 11.3. The number of Topliss-reactive ketones (excluding diaryl/α,β-unsaturated/α-hetero) is 1. The Morgan fingerprint density at radius 2 is 2.14 bits per heavy atom. The minimum absolute atomic E-state index is 0.0204. The number of aliphatic hydroxyl groups excluding tert-OH is 1. The van der Waals surface area contributed by atoms with Crippen molar-refractivity contribution in [3.63, 3.8) is 0 Å². The highest BCUT2D eigenvalue weighted by Crippen LogP contribution is 2.14. The monoisotopic (exact) mass is 192 g/mol. The maximum absolute atomic E-state index is 11.3. The van der Waals surface area contributed by atoms with E-state index in [1.807, 2.05) is 18.2 Å². The first-order valence-electron chi connectivity index (χ1n) is 4.92. The van der Waals surface area contributed by atoms with Crippen LogP contribution in [0.15, 0.2) is 18.2 Å². The van der Waals surface area contributed by atoms with Gasteiger partial charge in [0, 0.05) is 5.56 Å². The summed E-state index contributed by atoms with van der Waals surface area (Å²) in [6, 6.07) is 5.70. The summed E-state index contributed by atoms with van der Waals surface area (Å²) >= 11 is 0. The fraction of sp³-hybridized carbons (Fsp3) is 0.417. The fourth-order valence-electron chi connectivity index (χ4n) is 1.53. The van der Waals surface area contributed by atoms with Crippen LogP contribution >= 0.6 is 0 Å². The van der Waals surface area contributed by atoms with E-state index < -0.39 is 0 Å². The molecule has 0 unspecified atom stereocenters. The average molecular weight is 192 g/mol. The standard InChI is InChI=1S/C12H16O2/c1-3-4-10-5-6-11(8-13)12(7-10)9(2)14/h5-7,13H,3-4,8H2,1-2H3. The fourth-order valence-corrected chi connectivity index (χ4v) is 1.53. The van der Waals surface area contributed by atoms with Gasteiger partial charge in [-0.3, -0.25) is 4.79 Å². The Hall–Kier alpha value is -1.15. The van der Waals surface area contributed by atoms with Gasteiger partial charge in [0.1, 0.15) is 0 Å². The van der Waals surface area contributed by atoms with Gasteiger partial charge in [-0.25, -0.2) is 0 Å². The van der Waals surface area contributed by atoms with E-state index >= 15 is 0 Å². The van der Waals surface area contributed by atoms with Gasteiger partial charge >= 0.3 is 0 Å². The lowest BCUT2D eigenvalue weighted by Gasteiger charge is -2.06. The van der Waals surface area contributed by atoms with Crippen molar-refractivity contribution in [1.82, 2.24) is 0 Å². The highest BCUT2D eigenvalue weighted by molar-refractivity contribution is 5.95. The maximum Gasteiger partial charge on any atom is 0.160 e. The molecule has 76 valence electrons. The summed E-state index contributed by atoms with van der Waals surface area (Å²) in [5.74, 6) is 0.0204. The van der Waals surface area contributed by atoms with Crippen LogP contribution in [0.2, 0.25) is 0 Å². The number of hydrogen-bond donors (Lipinski definition) is 1. The van der Waals surface area contributed by atoms with Crippen LogP contribution < -0.4 is 0 Å². The highest BCUT2D eigenvalue weighted by Gasteiger charge is 2.06. The number of ketones is 1. The number of benzene rings is 1. The van der Waals surface area contributed by atoms with Crippen molar-refractivity contribution >= 4 is 5.78 Å². The lowest BCUT2D eigenvalue weighted by Crippen LogP contribution is -2.01. The third-order valence-corrected chi connectivity index (χ3v) is 2.26. The molecule has 0 amide bonds. The van der Waals surface area contributed by atoms with E-state index in [0.717, 1.165) is 24.0 Å². The van der Waals surface area contributed by atoms with Gasteiger partial charge in [0.05, 0.1) is 6.61 Å². The summed E-state index contributed by atoms with van der Waals surface area (Å²) in [6.07, 6.45) is 2.04. The molecule has 0 fully saturated rings. The zero-order chi connectivity index (χ0) is 10.6. The van der Waals surface area contributed by atoms with Gasteiger partial charge in [0.25, 0.3) is 0 Å². The van der Waals surface area contributed by atoms with Gasteiger partial charge in [-0.1, -0.05) is 25.5 Å². The van der Waals surface area contributed by atoms with Crippen LogP contribution in [-0.2, 0) is 13.0 Å². The summed E-state index contributed by atoms with van der Waals surface area (Å²) in [7, 11) is 0. The van der Waals surface area contributed by atoms with Gasteiger partial charge in [-0.05, 0) is 30.5 Å². The molecular weight excluding hydrogens is 176 g/mol. The Bertz CT molecular complexity index is 329. The molecule has 14 heavy (non-hydrogen) atoms. The van der Waals surface area contributed by atoms with E-state index in [4.69, 9.17) is 5.11 Å². The van der Waals surface area contributed by atoms with Crippen molar-refractivity contribution in [3.8, 4) is 0 Å². The van der Waals surface area contributed by atoms with Crippen LogP contribution in [0.1, 0.15) is 41.8 Å². The van der Waals surface area contributed by atoms with E-state index in [0.29, 0.717) is 5.56 Å². The Balaban J connectivity index is 3.07. The number of carbonyl (C=O) groups excluding carboxylic acids is 1. The second kappa shape index (κ2) is 4.91. The molecule has 0 aliphatic rings.